The monoisotopic (exact) mass is 211 g/mol. The van der Waals surface area contributed by atoms with E-state index in [1.807, 2.05) is 12.1 Å². The van der Waals surface area contributed by atoms with Crippen LogP contribution in [0.1, 0.15) is 18.6 Å². The van der Waals surface area contributed by atoms with Gasteiger partial charge in [0.25, 0.3) is 0 Å². The summed E-state index contributed by atoms with van der Waals surface area (Å²) in [6, 6.07) is 3.70. The first-order chi connectivity index (χ1) is 7.33. The van der Waals surface area contributed by atoms with Crippen molar-refractivity contribution in [2.24, 2.45) is 0 Å². The lowest BCUT2D eigenvalue weighted by Crippen LogP contribution is -2.25. The van der Waals surface area contributed by atoms with Crippen LogP contribution in [0.2, 0.25) is 0 Å². The Morgan fingerprint density at radius 2 is 2.47 bits per heavy atom. The van der Waals surface area contributed by atoms with Gasteiger partial charge in [-0.15, -0.1) is 0 Å². The lowest BCUT2D eigenvalue weighted by atomic mass is 10.2. The molecule has 0 spiro atoms. The quantitative estimate of drug-likeness (QED) is 0.693. The summed E-state index contributed by atoms with van der Waals surface area (Å²) in [5, 5.41) is 2.82. The molecule has 1 amide bonds. The molecule has 0 saturated carbocycles. The number of ether oxygens (including phenoxy) is 1. The Balaban J connectivity index is 2.04. The van der Waals surface area contributed by atoms with Gasteiger partial charge in [-0.1, -0.05) is 0 Å². The molecule has 1 aromatic heterocycles. The van der Waals surface area contributed by atoms with Crippen molar-refractivity contribution in [3.8, 4) is 0 Å². The van der Waals surface area contributed by atoms with Gasteiger partial charge in [-0.05, 0) is 18.6 Å². The molecule has 0 atom stereocenters. The van der Waals surface area contributed by atoms with Crippen molar-refractivity contribution in [3.63, 3.8) is 0 Å². The average molecular weight is 211 g/mol. The van der Waals surface area contributed by atoms with Crippen LogP contribution in [0, 0.1) is 0 Å². The van der Waals surface area contributed by atoms with E-state index in [1.165, 1.54) is 0 Å². The number of methoxy groups -OCH3 is 1. The van der Waals surface area contributed by atoms with Crippen LogP contribution in [-0.4, -0.2) is 26.2 Å². The van der Waals surface area contributed by atoms with Crippen molar-refractivity contribution in [1.29, 1.82) is 0 Å². The minimum atomic E-state index is 0.0579. The van der Waals surface area contributed by atoms with E-state index in [2.05, 4.69) is 5.32 Å². The Morgan fingerprint density at radius 1 is 1.60 bits per heavy atom. The summed E-state index contributed by atoms with van der Waals surface area (Å²) < 4.78 is 10.0. The number of hydrogen-bond acceptors (Lipinski definition) is 3. The fourth-order valence-corrected chi connectivity index (χ4v) is 1.22. The van der Waals surface area contributed by atoms with Gasteiger partial charge in [0.05, 0.1) is 6.26 Å². The summed E-state index contributed by atoms with van der Waals surface area (Å²) in [4.78, 5) is 11.3. The lowest BCUT2D eigenvalue weighted by molar-refractivity contribution is -0.121. The van der Waals surface area contributed by atoms with E-state index >= 15 is 0 Å². The van der Waals surface area contributed by atoms with Crippen molar-refractivity contribution in [2.45, 2.75) is 19.3 Å². The number of nitrogens with one attached hydrogen (secondary N) is 1. The minimum absolute atomic E-state index is 0.0579. The minimum Gasteiger partial charge on any atom is -0.469 e. The highest BCUT2D eigenvalue weighted by Gasteiger charge is 2.02. The number of rotatable bonds is 7. The molecule has 1 rings (SSSR count). The van der Waals surface area contributed by atoms with Gasteiger partial charge < -0.3 is 14.5 Å². The van der Waals surface area contributed by atoms with Crippen molar-refractivity contribution in [3.05, 3.63) is 24.2 Å². The second-order valence-electron chi connectivity index (χ2n) is 3.28. The van der Waals surface area contributed by atoms with Gasteiger partial charge in [0.1, 0.15) is 5.76 Å². The SMILES string of the molecule is COCCCNC(=O)CCc1ccco1. The van der Waals surface area contributed by atoms with Crippen LogP contribution in [0.3, 0.4) is 0 Å². The van der Waals surface area contributed by atoms with Gasteiger partial charge in [-0.3, -0.25) is 4.79 Å². The number of amides is 1. The maximum absolute atomic E-state index is 11.3. The molecule has 0 fully saturated rings. The Kier molecular flexibility index (Phi) is 5.55. The second-order valence-corrected chi connectivity index (χ2v) is 3.28. The van der Waals surface area contributed by atoms with Gasteiger partial charge in [-0.25, -0.2) is 0 Å². The van der Waals surface area contributed by atoms with Gasteiger partial charge in [0.2, 0.25) is 5.91 Å². The van der Waals surface area contributed by atoms with Gasteiger partial charge >= 0.3 is 0 Å². The predicted octanol–water partition coefficient (Wildman–Crippen LogP) is 1.36. The summed E-state index contributed by atoms with van der Waals surface area (Å²) >= 11 is 0. The van der Waals surface area contributed by atoms with Crippen LogP contribution < -0.4 is 5.32 Å². The van der Waals surface area contributed by atoms with E-state index in [4.69, 9.17) is 9.15 Å². The summed E-state index contributed by atoms with van der Waals surface area (Å²) in [7, 11) is 1.65. The molecule has 15 heavy (non-hydrogen) atoms. The van der Waals surface area contributed by atoms with E-state index in [0.717, 1.165) is 12.2 Å². The largest absolute Gasteiger partial charge is 0.469 e. The normalized spacial score (nSPS) is 10.2. The summed E-state index contributed by atoms with van der Waals surface area (Å²) in [5.41, 5.74) is 0. The Bertz CT molecular complexity index is 269. The number of carbonyl (C=O) groups is 1. The molecule has 1 heterocycles. The molecule has 0 unspecified atom stereocenters. The van der Waals surface area contributed by atoms with Crippen molar-refractivity contribution < 1.29 is 13.9 Å². The van der Waals surface area contributed by atoms with E-state index < -0.39 is 0 Å². The highest BCUT2D eigenvalue weighted by molar-refractivity contribution is 5.75. The van der Waals surface area contributed by atoms with Crippen LogP contribution in [-0.2, 0) is 16.0 Å². The predicted molar refractivity (Wildman–Crippen MR) is 56.5 cm³/mol. The summed E-state index contributed by atoms with van der Waals surface area (Å²) in [6.45, 7) is 1.35. The van der Waals surface area contributed by atoms with E-state index in [9.17, 15) is 4.79 Å². The van der Waals surface area contributed by atoms with Crippen LogP contribution in [0.15, 0.2) is 22.8 Å². The van der Waals surface area contributed by atoms with E-state index in [-0.39, 0.29) is 5.91 Å². The number of aryl methyl sites for hydroxylation is 1. The van der Waals surface area contributed by atoms with Gasteiger partial charge in [-0.2, -0.15) is 0 Å². The molecule has 0 radical (unpaired) electrons. The van der Waals surface area contributed by atoms with Gasteiger partial charge in [0, 0.05) is 33.1 Å². The Morgan fingerprint density at radius 3 is 3.13 bits per heavy atom. The van der Waals surface area contributed by atoms with Crippen molar-refractivity contribution in [2.75, 3.05) is 20.3 Å². The first-order valence-corrected chi connectivity index (χ1v) is 5.11. The third-order valence-electron chi connectivity index (χ3n) is 2.03. The molecule has 1 N–H and O–H groups in total. The fraction of sp³-hybridized carbons (Fsp3) is 0.545. The third kappa shape index (κ3) is 5.22. The molecule has 4 nitrogen and oxygen atoms in total. The van der Waals surface area contributed by atoms with Crippen molar-refractivity contribution >= 4 is 5.91 Å². The smallest absolute Gasteiger partial charge is 0.220 e. The maximum Gasteiger partial charge on any atom is 0.220 e. The molecule has 4 heteroatoms. The zero-order chi connectivity index (χ0) is 10.9. The molecule has 0 aliphatic carbocycles. The second kappa shape index (κ2) is 7.06. The molecule has 1 aromatic rings. The highest BCUT2D eigenvalue weighted by atomic mass is 16.5. The van der Waals surface area contributed by atoms with Gasteiger partial charge in [0.15, 0.2) is 0 Å². The first kappa shape index (κ1) is 11.8. The zero-order valence-corrected chi connectivity index (χ0v) is 8.99. The maximum atomic E-state index is 11.3. The molecular weight excluding hydrogens is 194 g/mol. The Labute approximate surface area is 89.6 Å². The zero-order valence-electron chi connectivity index (χ0n) is 8.99. The molecule has 0 aliphatic heterocycles. The number of furan rings is 1. The lowest BCUT2D eigenvalue weighted by Gasteiger charge is -2.03. The van der Waals surface area contributed by atoms with Crippen LogP contribution in [0.25, 0.3) is 0 Å². The standard InChI is InChI=1S/C11H17NO3/c1-14-8-3-7-12-11(13)6-5-10-4-2-9-15-10/h2,4,9H,3,5-8H2,1H3,(H,12,13). The van der Waals surface area contributed by atoms with Crippen LogP contribution in [0.5, 0.6) is 0 Å². The average Bonchev–Trinajstić information content (AvgIpc) is 2.74. The van der Waals surface area contributed by atoms with Crippen molar-refractivity contribution in [1.82, 2.24) is 5.32 Å². The Hall–Kier alpha value is -1.29. The number of carbonyl (C=O) groups excluding carboxylic acids is 1. The molecule has 0 saturated heterocycles. The molecule has 0 bridgehead atoms. The van der Waals surface area contributed by atoms with E-state index in [0.29, 0.717) is 26.0 Å². The van der Waals surface area contributed by atoms with Crippen LogP contribution >= 0.6 is 0 Å². The molecule has 84 valence electrons. The topological polar surface area (TPSA) is 51.5 Å². The first-order valence-electron chi connectivity index (χ1n) is 5.11. The van der Waals surface area contributed by atoms with Crippen LogP contribution in [0.4, 0.5) is 0 Å². The molecular formula is C11H17NO3. The fourth-order valence-electron chi connectivity index (χ4n) is 1.22. The number of hydrogen-bond donors (Lipinski definition) is 1. The third-order valence-corrected chi connectivity index (χ3v) is 2.03. The highest BCUT2D eigenvalue weighted by Crippen LogP contribution is 2.02. The summed E-state index contributed by atoms with van der Waals surface area (Å²) in [6.07, 6.45) is 3.60. The molecule has 0 aliphatic rings. The summed E-state index contributed by atoms with van der Waals surface area (Å²) in [5.74, 6) is 0.907. The van der Waals surface area contributed by atoms with E-state index in [1.54, 1.807) is 13.4 Å². The molecule has 0 aromatic carbocycles.